The second-order valence-electron chi connectivity index (χ2n) is 3.40. The lowest BCUT2D eigenvalue weighted by molar-refractivity contribution is -0.121. The Balaban J connectivity index is 3.47. The summed E-state index contributed by atoms with van der Waals surface area (Å²) in [5, 5.41) is 2.47. The van der Waals surface area contributed by atoms with Crippen LogP contribution in [0.3, 0.4) is 0 Å². The van der Waals surface area contributed by atoms with Crippen LogP contribution in [-0.2, 0) is 19.4 Å². The van der Waals surface area contributed by atoms with E-state index < -0.39 is 10.4 Å². The predicted molar refractivity (Wildman–Crippen MR) is 63.8 cm³/mol. The molecule has 0 saturated heterocycles. The highest BCUT2D eigenvalue weighted by atomic mass is 32.3. The van der Waals surface area contributed by atoms with Crippen LogP contribution < -0.4 is 5.32 Å². The quantitative estimate of drug-likeness (QED) is 0.369. The monoisotopic (exact) mass is 265 g/mol. The Kier molecular flexibility index (Phi) is 8.65. The normalized spacial score (nSPS) is 11.9. The van der Waals surface area contributed by atoms with Crippen LogP contribution in [0.4, 0.5) is 0 Å². The molecular formula is C10H19NO5S. The van der Waals surface area contributed by atoms with Crippen LogP contribution in [0.2, 0.25) is 0 Å². The third-order valence-electron chi connectivity index (χ3n) is 1.82. The second-order valence-corrected chi connectivity index (χ2v) is 4.49. The smallest absolute Gasteiger partial charge is 0.354 e. The number of hydrogen-bond donors (Lipinski definition) is 2. The fraction of sp³-hybridized carbons (Fsp3) is 0.700. The average molecular weight is 265 g/mol. The summed E-state index contributed by atoms with van der Waals surface area (Å²) in [7, 11) is -4.41. The lowest BCUT2D eigenvalue weighted by atomic mass is 10.2. The van der Waals surface area contributed by atoms with E-state index in [1.165, 1.54) is 0 Å². The summed E-state index contributed by atoms with van der Waals surface area (Å²) in [4.78, 5) is 11.2. The fourth-order valence-corrected chi connectivity index (χ4v) is 1.34. The molecule has 1 amide bonds. The molecule has 17 heavy (non-hydrogen) atoms. The molecule has 0 aliphatic carbocycles. The molecular weight excluding hydrogens is 246 g/mol. The first kappa shape index (κ1) is 16.1. The van der Waals surface area contributed by atoms with E-state index in [-0.39, 0.29) is 19.1 Å². The van der Waals surface area contributed by atoms with Crippen LogP contribution in [-0.4, -0.2) is 32.0 Å². The Morgan fingerprint density at radius 2 is 2.00 bits per heavy atom. The summed E-state index contributed by atoms with van der Waals surface area (Å²) >= 11 is 0. The molecule has 0 bridgehead atoms. The predicted octanol–water partition coefficient (Wildman–Crippen LogP) is 1.06. The van der Waals surface area contributed by atoms with Crippen molar-refractivity contribution in [2.24, 2.45) is 0 Å². The van der Waals surface area contributed by atoms with E-state index >= 15 is 0 Å². The topological polar surface area (TPSA) is 92.7 Å². The number of carbonyl (C=O) groups excluding carboxylic acids is 1. The molecule has 7 heteroatoms. The zero-order chi connectivity index (χ0) is 13.1. The molecule has 0 saturated carbocycles. The van der Waals surface area contributed by atoms with E-state index in [2.05, 4.69) is 16.4 Å². The van der Waals surface area contributed by atoms with Gasteiger partial charge >= 0.3 is 10.4 Å². The Morgan fingerprint density at radius 3 is 2.59 bits per heavy atom. The first-order chi connectivity index (χ1) is 7.95. The van der Waals surface area contributed by atoms with Crippen molar-refractivity contribution in [1.29, 1.82) is 0 Å². The van der Waals surface area contributed by atoms with Crippen molar-refractivity contribution >= 4 is 16.3 Å². The Bertz CT molecular complexity index is 337. The molecule has 0 heterocycles. The standard InChI is InChI=1S/C10H19NO5S/c1-2-3-4-5-6-7-10(12)11-8-9-16-17(13,14)15/h4-5H,2-3,6-9H2,1H3,(H,11,12)(H,13,14,15)/b5-4+. The maximum Gasteiger partial charge on any atom is 0.397 e. The number of amides is 1. The SMILES string of the molecule is CCC/C=C/CCC(=O)NCCOS(=O)(=O)O. The third kappa shape index (κ3) is 13.0. The fourth-order valence-electron chi connectivity index (χ4n) is 1.04. The summed E-state index contributed by atoms with van der Waals surface area (Å²) in [5.41, 5.74) is 0. The van der Waals surface area contributed by atoms with Crippen molar-refractivity contribution in [2.75, 3.05) is 13.2 Å². The van der Waals surface area contributed by atoms with Gasteiger partial charge in [-0.25, -0.2) is 4.18 Å². The lowest BCUT2D eigenvalue weighted by Gasteiger charge is -2.03. The van der Waals surface area contributed by atoms with E-state index in [4.69, 9.17) is 4.55 Å². The first-order valence-electron chi connectivity index (χ1n) is 5.49. The molecule has 0 radical (unpaired) electrons. The zero-order valence-corrected chi connectivity index (χ0v) is 10.7. The highest BCUT2D eigenvalue weighted by Crippen LogP contribution is 1.95. The first-order valence-corrected chi connectivity index (χ1v) is 6.85. The van der Waals surface area contributed by atoms with Gasteiger partial charge in [0.25, 0.3) is 0 Å². The molecule has 2 N–H and O–H groups in total. The van der Waals surface area contributed by atoms with Gasteiger partial charge in [-0.3, -0.25) is 9.35 Å². The molecule has 0 spiro atoms. The van der Waals surface area contributed by atoms with Crippen molar-refractivity contribution in [3.05, 3.63) is 12.2 Å². The molecule has 0 aromatic heterocycles. The van der Waals surface area contributed by atoms with Gasteiger partial charge in [0.05, 0.1) is 6.61 Å². The van der Waals surface area contributed by atoms with Crippen molar-refractivity contribution in [3.8, 4) is 0 Å². The van der Waals surface area contributed by atoms with Crippen molar-refractivity contribution in [3.63, 3.8) is 0 Å². The van der Waals surface area contributed by atoms with Crippen LogP contribution in [0.25, 0.3) is 0 Å². The highest BCUT2D eigenvalue weighted by molar-refractivity contribution is 7.80. The summed E-state index contributed by atoms with van der Waals surface area (Å²) < 4.78 is 32.6. The van der Waals surface area contributed by atoms with Gasteiger partial charge in [0, 0.05) is 13.0 Å². The van der Waals surface area contributed by atoms with Crippen LogP contribution in [0, 0.1) is 0 Å². The van der Waals surface area contributed by atoms with E-state index in [9.17, 15) is 13.2 Å². The van der Waals surface area contributed by atoms with Gasteiger partial charge in [-0.2, -0.15) is 8.42 Å². The lowest BCUT2D eigenvalue weighted by Crippen LogP contribution is -2.27. The molecule has 100 valence electrons. The van der Waals surface area contributed by atoms with E-state index in [1.807, 2.05) is 12.2 Å². The third-order valence-corrected chi connectivity index (χ3v) is 2.28. The maximum absolute atomic E-state index is 11.2. The van der Waals surface area contributed by atoms with E-state index in [0.29, 0.717) is 12.8 Å². The van der Waals surface area contributed by atoms with Gasteiger partial charge in [-0.05, 0) is 12.8 Å². The van der Waals surface area contributed by atoms with Gasteiger partial charge in [0.1, 0.15) is 0 Å². The van der Waals surface area contributed by atoms with Crippen LogP contribution >= 0.6 is 0 Å². The van der Waals surface area contributed by atoms with Crippen LogP contribution in [0.5, 0.6) is 0 Å². The largest absolute Gasteiger partial charge is 0.397 e. The molecule has 0 aromatic rings. The minimum absolute atomic E-state index is 0.0529. The second kappa shape index (κ2) is 9.15. The summed E-state index contributed by atoms with van der Waals surface area (Å²) in [6.07, 6.45) is 7.06. The molecule has 0 rings (SSSR count). The van der Waals surface area contributed by atoms with Gasteiger partial charge in [-0.15, -0.1) is 0 Å². The summed E-state index contributed by atoms with van der Waals surface area (Å²) in [6.45, 7) is 1.86. The van der Waals surface area contributed by atoms with E-state index in [1.54, 1.807) is 0 Å². The van der Waals surface area contributed by atoms with Crippen molar-refractivity contribution < 1.29 is 21.9 Å². The number of allylic oxidation sites excluding steroid dienone is 2. The number of rotatable bonds is 9. The molecule has 6 nitrogen and oxygen atoms in total. The molecule has 0 atom stereocenters. The molecule has 0 fully saturated rings. The minimum atomic E-state index is -4.41. The minimum Gasteiger partial charge on any atom is -0.354 e. The molecule has 0 aliphatic heterocycles. The van der Waals surface area contributed by atoms with Gasteiger partial charge in [0.15, 0.2) is 0 Å². The highest BCUT2D eigenvalue weighted by Gasteiger charge is 2.04. The average Bonchev–Trinajstić information content (AvgIpc) is 2.23. The van der Waals surface area contributed by atoms with Crippen LogP contribution in [0.15, 0.2) is 12.2 Å². The Morgan fingerprint density at radius 1 is 1.35 bits per heavy atom. The molecule has 0 unspecified atom stereocenters. The van der Waals surface area contributed by atoms with Crippen molar-refractivity contribution in [2.45, 2.75) is 32.6 Å². The Hall–Kier alpha value is -0.920. The number of nitrogens with one attached hydrogen (secondary N) is 1. The van der Waals surface area contributed by atoms with E-state index in [0.717, 1.165) is 12.8 Å². The number of unbranched alkanes of at least 4 members (excludes halogenated alkanes) is 1. The van der Waals surface area contributed by atoms with Crippen molar-refractivity contribution in [1.82, 2.24) is 5.32 Å². The van der Waals surface area contributed by atoms with Gasteiger partial charge in [0.2, 0.25) is 5.91 Å². The van der Waals surface area contributed by atoms with Gasteiger partial charge in [-0.1, -0.05) is 25.5 Å². The molecule has 0 aromatic carbocycles. The summed E-state index contributed by atoms with van der Waals surface area (Å²) in [6, 6.07) is 0. The summed E-state index contributed by atoms with van der Waals surface area (Å²) in [5.74, 6) is -0.176. The Labute approximate surface area is 102 Å². The number of carbonyl (C=O) groups is 1. The number of hydrogen-bond acceptors (Lipinski definition) is 4. The zero-order valence-electron chi connectivity index (χ0n) is 9.89. The molecule has 0 aliphatic rings. The van der Waals surface area contributed by atoms with Gasteiger partial charge < -0.3 is 5.32 Å². The maximum atomic E-state index is 11.2. The van der Waals surface area contributed by atoms with Crippen LogP contribution in [0.1, 0.15) is 32.6 Å².